The van der Waals surface area contributed by atoms with Crippen LogP contribution in [0.1, 0.15) is 32.6 Å². The van der Waals surface area contributed by atoms with Crippen LogP contribution in [0.4, 0.5) is 0 Å². The minimum absolute atomic E-state index is 0.0399. The summed E-state index contributed by atoms with van der Waals surface area (Å²) in [4.78, 5) is 14.2. The molecule has 20 heavy (non-hydrogen) atoms. The molecule has 116 valence electrons. The molecule has 0 radical (unpaired) electrons. The average molecular weight is 286 g/mol. The molecule has 0 spiro atoms. The zero-order valence-electron chi connectivity index (χ0n) is 12.6. The fourth-order valence-corrected chi connectivity index (χ4v) is 2.32. The Balaban J connectivity index is 2.64. The highest BCUT2D eigenvalue weighted by molar-refractivity contribution is 5.94. The molecule has 7 heteroatoms. The van der Waals surface area contributed by atoms with Crippen molar-refractivity contribution in [3.63, 3.8) is 0 Å². The Morgan fingerprint density at radius 1 is 1.55 bits per heavy atom. The number of carbonyl (C=O) groups excluding carboxylic acids is 1. The third kappa shape index (κ3) is 4.35. The zero-order valence-corrected chi connectivity index (χ0v) is 12.6. The summed E-state index contributed by atoms with van der Waals surface area (Å²) < 4.78 is 5.12. The largest absolute Gasteiger partial charge is 0.409 e. The molecule has 0 aromatic heterocycles. The second kappa shape index (κ2) is 7.44. The number of nitrogens with zero attached hydrogens (tertiary/aromatic N) is 2. The van der Waals surface area contributed by atoms with Crippen molar-refractivity contribution in [2.24, 2.45) is 10.9 Å². The van der Waals surface area contributed by atoms with Gasteiger partial charge in [0, 0.05) is 26.6 Å². The molecule has 1 fully saturated rings. The number of ether oxygens (including phenoxy) is 1. The lowest BCUT2D eigenvalue weighted by Gasteiger charge is -2.40. The summed E-state index contributed by atoms with van der Waals surface area (Å²) in [6.45, 7) is 3.51. The number of nitrogens with one attached hydrogen (secondary N) is 1. The number of methoxy groups -OCH3 is 1. The summed E-state index contributed by atoms with van der Waals surface area (Å²) in [6.07, 6.45) is 2.34. The van der Waals surface area contributed by atoms with Crippen molar-refractivity contribution in [2.75, 3.05) is 27.2 Å². The second-order valence-electron chi connectivity index (χ2n) is 5.50. The molecule has 1 amide bonds. The number of oxime groups is 1. The Morgan fingerprint density at radius 2 is 2.15 bits per heavy atom. The van der Waals surface area contributed by atoms with Gasteiger partial charge in [0.2, 0.25) is 5.91 Å². The first-order chi connectivity index (χ1) is 9.43. The van der Waals surface area contributed by atoms with E-state index in [1.54, 1.807) is 7.11 Å². The molecule has 0 bridgehead atoms. The Kier molecular flexibility index (Phi) is 6.22. The smallest absolute Gasteiger partial charge is 0.220 e. The standard InChI is InChI=1S/C13H26N4O3/c1-10(20-3)4-5-11(18)15-13(12(14)16-19)6-8-17(2)9-7-13/h10,19H,4-9H2,1-3H3,(H2,14,16)(H,15,18). The maximum absolute atomic E-state index is 12.1. The average Bonchev–Trinajstić information content (AvgIpc) is 2.46. The molecule has 1 atom stereocenters. The van der Waals surface area contributed by atoms with Crippen LogP contribution >= 0.6 is 0 Å². The molecule has 1 rings (SSSR count). The van der Waals surface area contributed by atoms with E-state index < -0.39 is 5.54 Å². The number of piperidine rings is 1. The Bertz CT molecular complexity index is 352. The summed E-state index contributed by atoms with van der Waals surface area (Å²) in [6, 6.07) is 0. The molecule has 1 aliphatic heterocycles. The topological polar surface area (TPSA) is 100 Å². The van der Waals surface area contributed by atoms with Crippen LogP contribution < -0.4 is 11.1 Å². The third-order valence-corrected chi connectivity index (χ3v) is 4.00. The predicted molar refractivity (Wildman–Crippen MR) is 76.7 cm³/mol. The summed E-state index contributed by atoms with van der Waals surface area (Å²) in [5, 5.41) is 15.0. The van der Waals surface area contributed by atoms with Gasteiger partial charge in [-0.3, -0.25) is 4.79 Å². The van der Waals surface area contributed by atoms with Gasteiger partial charge in [-0.2, -0.15) is 0 Å². The van der Waals surface area contributed by atoms with Gasteiger partial charge < -0.3 is 25.9 Å². The van der Waals surface area contributed by atoms with E-state index in [9.17, 15) is 4.79 Å². The summed E-state index contributed by atoms with van der Waals surface area (Å²) in [5.74, 6) is -0.0104. The number of hydrogen-bond donors (Lipinski definition) is 3. The SMILES string of the molecule is COC(C)CCC(=O)NC1(C(N)=NO)CCN(C)CC1. The number of hydrogen-bond acceptors (Lipinski definition) is 5. The second-order valence-corrected chi connectivity index (χ2v) is 5.50. The molecule has 1 aliphatic rings. The van der Waals surface area contributed by atoms with E-state index in [1.807, 2.05) is 14.0 Å². The van der Waals surface area contributed by atoms with Crippen molar-refractivity contribution < 1.29 is 14.7 Å². The first-order valence-electron chi connectivity index (χ1n) is 6.94. The maximum Gasteiger partial charge on any atom is 0.220 e. The van der Waals surface area contributed by atoms with Crippen LogP contribution in [0.3, 0.4) is 0 Å². The number of likely N-dealkylation sites (tertiary alicyclic amines) is 1. The fraction of sp³-hybridized carbons (Fsp3) is 0.846. The summed E-state index contributed by atoms with van der Waals surface area (Å²) in [5.41, 5.74) is 5.07. The molecule has 7 nitrogen and oxygen atoms in total. The Hall–Kier alpha value is -1.34. The molecular formula is C13H26N4O3. The first-order valence-corrected chi connectivity index (χ1v) is 6.94. The van der Waals surface area contributed by atoms with Crippen LogP contribution in [0.25, 0.3) is 0 Å². The van der Waals surface area contributed by atoms with E-state index >= 15 is 0 Å². The van der Waals surface area contributed by atoms with Crippen LogP contribution in [-0.4, -0.2) is 60.7 Å². The Morgan fingerprint density at radius 3 is 2.65 bits per heavy atom. The number of amidine groups is 1. The van der Waals surface area contributed by atoms with Crippen LogP contribution in [0.15, 0.2) is 5.16 Å². The minimum atomic E-state index is -0.728. The number of rotatable bonds is 6. The van der Waals surface area contributed by atoms with Gasteiger partial charge in [0.15, 0.2) is 5.84 Å². The molecular weight excluding hydrogens is 260 g/mol. The molecule has 1 saturated heterocycles. The van der Waals surface area contributed by atoms with Gasteiger partial charge in [0.05, 0.1) is 6.10 Å². The van der Waals surface area contributed by atoms with Crippen molar-refractivity contribution in [3.8, 4) is 0 Å². The van der Waals surface area contributed by atoms with Gasteiger partial charge >= 0.3 is 0 Å². The highest BCUT2D eigenvalue weighted by Gasteiger charge is 2.39. The molecule has 0 aromatic carbocycles. The van der Waals surface area contributed by atoms with Gasteiger partial charge in [-0.15, -0.1) is 0 Å². The zero-order chi connectivity index (χ0) is 15.2. The lowest BCUT2D eigenvalue weighted by molar-refractivity contribution is -0.123. The first kappa shape index (κ1) is 16.7. The van der Waals surface area contributed by atoms with Gasteiger partial charge in [-0.05, 0) is 33.2 Å². The molecule has 1 unspecified atom stereocenters. The van der Waals surface area contributed by atoms with Crippen LogP contribution in [0, 0.1) is 0 Å². The van der Waals surface area contributed by atoms with Crippen molar-refractivity contribution in [3.05, 3.63) is 0 Å². The van der Waals surface area contributed by atoms with Crippen molar-refractivity contribution >= 4 is 11.7 Å². The monoisotopic (exact) mass is 286 g/mol. The van der Waals surface area contributed by atoms with Gasteiger partial charge in [0.25, 0.3) is 0 Å². The van der Waals surface area contributed by atoms with E-state index in [-0.39, 0.29) is 17.8 Å². The van der Waals surface area contributed by atoms with Crippen LogP contribution in [0.2, 0.25) is 0 Å². The highest BCUT2D eigenvalue weighted by atomic mass is 16.5. The molecule has 0 saturated carbocycles. The van der Waals surface area contributed by atoms with Crippen LogP contribution in [0.5, 0.6) is 0 Å². The number of nitrogens with two attached hydrogens (primary N) is 1. The van der Waals surface area contributed by atoms with Crippen LogP contribution in [-0.2, 0) is 9.53 Å². The van der Waals surface area contributed by atoms with Crippen molar-refractivity contribution in [1.29, 1.82) is 0 Å². The van der Waals surface area contributed by atoms with Gasteiger partial charge in [0.1, 0.15) is 5.54 Å². The maximum atomic E-state index is 12.1. The molecule has 4 N–H and O–H groups in total. The van der Waals surface area contributed by atoms with E-state index in [0.29, 0.717) is 25.7 Å². The summed E-state index contributed by atoms with van der Waals surface area (Å²) >= 11 is 0. The summed E-state index contributed by atoms with van der Waals surface area (Å²) in [7, 11) is 3.63. The Labute approximate surface area is 120 Å². The minimum Gasteiger partial charge on any atom is -0.409 e. The molecule has 0 aromatic rings. The van der Waals surface area contributed by atoms with Crippen molar-refractivity contribution in [2.45, 2.75) is 44.2 Å². The number of carbonyl (C=O) groups is 1. The molecule has 1 heterocycles. The van der Waals surface area contributed by atoms with E-state index in [2.05, 4.69) is 15.4 Å². The van der Waals surface area contributed by atoms with Crippen molar-refractivity contribution in [1.82, 2.24) is 10.2 Å². The third-order valence-electron chi connectivity index (χ3n) is 4.00. The lowest BCUT2D eigenvalue weighted by Crippen LogP contribution is -2.62. The molecule has 0 aliphatic carbocycles. The fourth-order valence-electron chi connectivity index (χ4n) is 2.32. The lowest BCUT2D eigenvalue weighted by atomic mass is 9.86. The number of amides is 1. The highest BCUT2D eigenvalue weighted by Crippen LogP contribution is 2.22. The normalized spacial score (nSPS) is 21.4. The van der Waals surface area contributed by atoms with Gasteiger partial charge in [-0.1, -0.05) is 5.16 Å². The van der Waals surface area contributed by atoms with E-state index in [1.165, 1.54) is 0 Å². The van der Waals surface area contributed by atoms with E-state index in [4.69, 9.17) is 15.7 Å². The van der Waals surface area contributed by atoms with Gasteiger partial charge in [-0.25, -0.2) is 0 Å². The van der Waals surface area contributed by atoms with E-state index in [0.717, 1.165) is 13.1 Å². The predicted octanol–water partition coefficient (Wildman–Crippen LogP) is 0.129. The quantitative estimate of drug-likeness (QED) is 0.279.